The zero-order valence-electron chi connectivity index (χ0n) is 19.4. The highest BCUT2D eigenvalue weighted by molar-refractivity contribution is 5.94. The summed E-state index contributed by atoms with van der Waals surface area (Å²) in [6.07, 6.45) is 4.68. The average Bonchev–Trinajstić information content (AvgIpc) is 3.27. The van der Waals surface area contributed by atoms with Crippen molar-refractivity contribution in [2.24, 2.45) is 5.92 Å². The van der Waals surface area contributed by atoms with Gasteiger partial charge in [0.2, 0.25) is 5.91 Å². The summed E-state index contributed by atoms with van der Waals surface area (Å²) in [5, 5.41) is 7.46. The number of carbonyl (C=O) groups is 2. The predicted octanol–water partition coefficient (Wildman–Crippen LogP) is 4.74. The summed E-state index contributed by atoms with van der Waals surface area (Å²) in [6.45, 7) is 5.74. The number of hydrogen-bond donors (Lipinski definition) is 1. The second-order valence-corrected chi connectivity index (χ2v) is 9.19. The first-order valence-corrected chi connectivity index (χ1v) is 11.7. The lowest BCUT2D eigenvalue weighted by Gasteiger charge is -2.32. The Kier molecular flexibility index (Phi) is 7.23. The first-order valence-electron chi connectivity index (χ1n) is 11.7. The van der Waals surface area contributed by atoms with Gasteiger partial charge in [0.05, 0.1) is 18.7 Å². The van der Waals surface area contributed by atoms with E-state index < -0.39 is 0 Å². The van der Waals surface area contributed by atoms with E-state index in [0.717, 1.165) is 30.4 Å². The molecule has 4 rings (SSSR count). The highest BCUT2D eigenvalue weighted by atomic mass is 16.2. The van der Waals surface area contributed by atoms with E-state index in [1.807, 2.05) is 58.1 Å². The fourth-order valence-electron chi connectivity index (χ4n) is 4.42. The fourth-order valence-corrected chi connectivity index (χ4v) is 4.42. The van der Waals surface area contributed by atoms with Crippen LogP contribution in [0.1, 0.15) is 54.2 Å². The smallest absolute Gasteiger partial charge is 0.253 e. The molecular formula is C27H32N4O2. The molecule has 3 aromatic rings. The number of aromatic nitrogens is 2. The van der Waals surface area contributed by atoms with Gasteiger partial charge in [-0.25, -0.2) is 4.68 Å². The first kappa shape index (κ1) is 22.8. The number of carbonyl (C=O) groups excluding carboxylic acids is 2. The minimum atomic E-state index is -0.0588. The molecule has 2 amide bonds. The lowest BCUT2D eigenvalue weighted by molar-refractivity contribution is -0.115. The predicted molar refractivity (Wildman–Crippen MR) is 130 cm³/mol. The molecule has 172 valence electrons. The molecule has 1 N–H and O–H groups in total. The van der Waals surface area contributed by atoms with E-state index in [9.17, 15) is 9.59 Å². The molecule has 1 saturated heterocycles. The van der Waals surface area contributed by atoms with E-state index in [-0.39, 0.29) is 17.9 Å². The van der Waals surface area contributed by atoms with Gasteiger partial charge in [-0.1, -0.05) is 56.3 Å². The second-order valence-electron chi connectivity index (χ2n) is 9.19. The van der Waals surface area contributed by atoms with Gasteiger partial charge >= 0.3 is 0 Å². The highest BCUT2D eigenvalue weighted by Gasteiger charge is 2.26. The third kappa shape index (κ3) is 5.89. The molecule has 6 heteroatoms. The van der Waals surface area contributed by atoms with Crippen LogP contribution in [0.5, 0.6) is 0 Å². The van der Waals surface area contributed by atoms with Gasteiger partial charge in [-0.3, -0.25) is 9.59 Å². The number of anilines is 1. The monoisotopic (exact) mass is 444 g/mol. The third-order valence-corrected chi connectivity index (χ3v) is 6.09. The van der Waals surface area contributed by atoms with E-state index in [2.05, 4.69) is 36.4 Å². The molecule has 0 unspecified atom stereocenters. The number of hydrogen-bond acceptors (Lipinski definition) is 3. The zero-order chi connectivity index (χ0) is 23.2. The third-order valence-electron chi connectivity index (χ3n) is 6.09. The highest BCUT2D eigenvalue weighted by Crippen LogP contribution is 2.26. The summed E-state index contributed by atoms with van der Waals surface area (Å²) < 4.78 is 1.89. The molecule has 0 atom stereocenters. The Bertz CT molecular complexity index is 1070. The molecule has 33 heavy (non-hydrogen) atoms. The molecule has 0 saturated carbocycles. The molecule has 1 aromatic heterocycles. The number of amides is 2. The van der Waals surface area contributed by atoms with Gasteiger partial charge in [-0.2, -0.15) is 5.10 Å². The van der Waals surface area contributed by atoms with Crippen molar-refractivity contribution in [3.05, 3.63) is 83.6 Å². The average molecular weight is 445 g/mol. The van der Waals surface area contributed by atoms with Crippen LogP contribution in [-0.2, 0) is 17.6 Å². The van der Waals surface area contributed by atoms with Crippen molar-refractivity contribution in [2.45, 2.75) is 45.6 Å². The summed E-state index contributed by atoms with van der Waals surface area (Å²) in [6, 6.07) is 19.7. The molecule has 0 radical (unpaired) electrons. The topological polar surface area (TPSA) is 67.2 Å². The molecule has 2 aromatic carbocycles. The molecular weight excluding hydrogens is 412 g/mol. The summed E-state index contributed by atoms with van der Waals surface area (Å²) in [5.41, 5.74) is 2.99. The molecule has 1 aliphatic rings. The van der Waals surface area contributed by atoms with E-state index in [1.165, 1.54) is 5.56 Å². The maximum absolute atomic E-state index is 13.0. The van der Waals surface area contributed by atoms with Crippen LogP contribution in [0.25, 0.3) is 0 Å². The quantitative estimate of drug-likeness (QED) is 0.572. The number of nitrogens with zero attached hydrogens (tertiary/aromatic N) is 3. The van der Waals surface area contributed by atoms with Crippen molar-refractivity contribution in [1.29, 1.82) is 0 Å². The van der Waals surface area contributed by atoms with Crippen molar-refractivity contribution >= 4 is 17.6 Å². The van der Waals surface area contributed by atoms with Gasteiger partial charge in [-0.15, -0.1) is 0 Å². The lowest BCUT2D eigenvalue weighted by Crippen LogP contribution is -2.39. The van der Waals surface area contributed by atoms with Crippen LogP contribution < -0.4 is 5.32 Å². The molecule has 0 aliphatic carbocycles. The Hall–Kier alpha value is -3.41. The van der Waals surface area contributed by atoms with Crippen molar-refractivity contribution in [3.8, 4) is 0 Å². The SMILES string of the molecule is CC(C)Cc1ccc(C(=O)N2CCC(n3nccc3NC(=O)Cc3ccccc3)CC2)cc1. The van der Waals surface area contributed by atoms with Crippen molar-refractivity contribution in [3.63, 3.8) is 0 Å². The van der Waals surface area contributed by atoms with Crippen LogP contribution in [-0.4, -0.2) is 39.6 Å². The normalized spacial score (nSPS) is 14.5. The van der Waals surface area contributed by atoms with Crippen LogP contribution in [0, 0.1) is 5.92 Å². The molecule has 2 heterocycles. The maximum atomic E-state index is 13.0. The summed E-state index contributed by atoms with van der Waals surface area (Å²) >= 11 is 0. The number of nitrogens with one attached hydrogen (secondary N) is 1. The Morgan fingerprint density at radius 3 is 2.33 bits per heavy atom. The summed E-state index contributed by atoms with van der Waals surface area (Å²) in [4.78, 5) is 27.4. The van der Waals surface area contributed by atoms with E-state index in [1.54, 1.807) is 6.20 Å². The van der Waals surface area contributed by atoms with Crippen LogP contribution in [0.15, 0.2) is 66.9 Å². The summed E-state index contributed by atoms with van der Waals surface area (Å²) in [7, 11) is 0. The number of piperidine rings is 1. The molecule has 1 aliphatic heterocycles. The van der Waals surface area contributed by atoms with Gasteiger partial charge in [0.25, 0.3) is 5.91 Å². The number of benzene rings is 2. The molecule has 6 nitrogen and oxygen atoms in total. The maximum Gasteiger partial charge on any atom is 0.253 e. The van der Waals surface area contributed by atoms with E-state index in [4.69, 9.17) is 0 Å². The second kappa shape index (κ2) is 10.5. The Morgan fingerprint density at radius 2 is 1.67 bits per heavy atom. The van der Waals surface area contributed by atoms with Gasteiger partial charge < -0.3 is 10.2 Å². The Morgan fingerprint density at radius 1 is 0.970 bits per heavy atom. The van der Waals surface area contributed by atoms with Crippen LogP contribution >= 0.6 is 0 Å². The van der Waals surface area contributed by atoms with Crippen molar-refractivity contribution in [1.82, 2.24) is 14.7 Å². The standard InChI is InChI=1S/C27H32N4O2/c1-20(2)18-22-8-10-23(11-9-22)27(33)30-16-13-24(14-17-30)31-25(12-15-28-31)29-26(32)19-21-6-4-3-5-7-21/h3-12,15,20,24H,13-14,16-19H2,1-2H3,(H,29,32). The largest absolute Gasteiger partial charge is 0.338 e. The minimum Gasteiger partial charge on any atom is -0.338 e. The van der Waals surface area contributed by atoms with Crippen molar-refractivity contribution < 1.29 is 9.59 Å². The number of rotatable bonds is 7. The fraction of sp³-hybridized carbons (Fsp3) is 0.370. The van der Waals surface area contributed by atoms with Crippen molar-refractivity contribution in [2.75, 3.05) is 18.4 Å². The van der Waals surface area contributed by atoms with E-state index >= 15 is 0 Å². The Balaban J connectivity index is 1.32. The van der Waals surface area contributed by atoms with E-state index in [0.29, 0.717) is 31.2 Å². The van der Waals surface area contributed by atoms with Crippen LogP contribution in [0.3, 0.4) is 0 Å². The van der Waals surface area contributed by atoms with Gasteiger partial charge in [0.1, 0.15) is 5.82 Å². The van der Waals surface area contributed by atoms with Crippen LogP contribution in [0.4, 0.5) is 5.82 Å². The minimum absolute atomic E-state index is 0.0588. The van der Waals surface area contributed by atoms with Gasteiger partial charge in [0, 0.05) is 24.7 Å². The Labute approximate surface area is 195 Å². The molecule has 0 spiro atoms. The van der Waals surface area contributed by atoms with Gasteiger partial charge in [0.15, 0.2) is 0 Å². The zero-order valence-corrected chi connectivity index (χ0v) is 19.4. The van der Waals surface area contributed by atoms with Gasteiger partial charge in [-0.05, 0) is 48.4 Å². The van der Waals surface area contributed by atoms with Crippen LogP contribution in [0.2, 0.25) is 0 Å². The molecule has 1 fully saturated rings. The number of likely N-dealkylation sites (tertiary alicyclic amines) is 1. The lowest BCUT2D eigenvalue weighted by atomic mass is 10.0. The summed E-state index contributed by atoms with van der Waals surface area (Å²) in [5.74, 6) is 1.33. The first-order chi connectivity index (χ1) is 16.0. The molecule has 0 bridgehead atoms.